The molecular weight excluding hydrogens is 262 g/mol. The van der Waals surface area contributed by atoms with Crippen LogP contribution in [0.25, 0.3) is 0 Å². The van der Waals surface area contributed by atoms with Gasteiger partial charge in [-0.2, -0.15) is 0 Å². The Bertz CT molecular complexity index is 446. The first-order valence-electron chi connectivity index (χ1n) is 6.10. The van der Waals surface area contributed by atoms with Crippen LogP contribution in [-0.4, -0.2) is 40.0 Å². The molecule has 1 aromatic heterocycles. The molecule has 0 saturated carbocycles. The number of anilines is 1. The molecule has 7 heteroatoms. The van der Waals surface area contributed by atoms with E-state index in [0.29, 0.717) is 18.1 Å². The lowest BCUT2D eigenvalue weighted by Crippen LogP contribution is -2.40. The molecule has 0 aliphatic rings. The molecular formula is C12H19N5OS. The number of amides is 1. The zero-order chi connectivity index (χ0) is 14.4. The van der Waals surface area contributed by atoms with Gasteiger partial charge in [-0.15, -0.1) is 0 Å². The Hall–Kier alpha value is -1.76. The summed E-state index contributed by atoms with van der Waals surface area (Å²) >= 11 is 4.81. The van der Waals surface area contributed by atoms with Gasteiger partial charge < -0.3 is 16.0 Å². The average molecular weight is 281 g/mol. The third kappa shape index (κ3) is 4.78. The predicted molar refractivity (Wildman–Crippen MR) is 79.1 cm³/mol. The van der Waals surface area contributed by atoms with Crippen LogP contribution in [0, 0.1) is 0 Å². The van der Waals surface area contributed by atoms with Crippen LogP contribution < -0.4 is 16.0 Å². The number of rotatable bonds is 6. The maximum atomic E-state index is 11.7. The van der Waals surface area contributed by atoms with Gasteiger partial charge in [-0.1, -0.05) is 12.2 Å². The average Bonchev–Trinajstić information content (AvgIpc) is 2.35. The van der Waals surface area contributed by atoms with Crippen LogP contribution in [0.15, 0.2) is 12.4 Å². The molecule has 1 amide bonds. The molecule has 104 valence electrons. The van der Waals surface area contributed by atoms with Crippen molar-refractivity contribution in [3.63, 3.8) is 0 Å². The summed E-state index contributed by atoms with van der Waals surface area (Å²) in [5.74, 6) is 0.582. The Labute approximate surface area is 118 Å². The highest BCUT2D eigenvalue weighted by Crippen LogP contribution is 2.08. The zero-order valence-corrected chi connectivity index (χ0v) is 12.2. The van der Waals surface area contributed by atoms with Gasteiger partial charge in [-0.25, -0.2) is 9.97 Å². The Balaban J connectivity index is 2.74. The van der Waals surface area contributed by atoms with Gasteiger partial charge in [0, 0.05) is 12.6 Å². The molecule has 1 rings (SSSR count). The quantitative estimate of drug-likeness (QED) is 0.737. The standard InChI is InChI=1S/C12H19N5OS/c1-4-17(7-11(18)16-8(2)3)10-6-14-9(5-15-10)12(13)19/h5-6,8H,4,7H2,1-3H3,(H2,13,19)(H,16,18). The van der Waals surface area contributed by atoms with Crippen molar-refractivity contribution in [1.82, 2.24) is 15.3 Å². The number of likely N-dealkylation sites (N-methyl/N-ethyl adjacent to an activating group) is 1. The molecule has 0 atom stereocenters. The van der Waals surface area contributed by atoms with E-state index >= 15 is 0 Å². The number of hydrogen-bond donors (Lipinski definition) is 2. The second-order valence-corrected chi connectivity index (χ2v) is 4.80. The maximum Gasteiger partial charge on any atom is 0.239 e. The smallest absolute Gasteiger partial charge is 0.239 e. The second-order valence-electron chi connectivity index (χ2n) is 4.36. The number of aromatic nitrogens is 2. The highest BCUT2D eigenvalue weighted by atomic mass is 32.1. The first-order chi connectivity index (χ1) is 8.93. The van der Waals surface area contributed by atoms with Gasteiger partial charge in [-0.3, -0.25) is 4.79 Å². The molecule has 0 radical (unpaired) electrons. The molecule has 0 saturated heterocycles. The van der Waals surface area contributed by atoms with E-state index < -0.39 is 0 Å². The van der Waals surface area contributed by atoms with E-state index in [0.717, 1.165) is 0 Å². The van der Waals surface area contributed by atoms with Gasteiger partial charge in [0.1, 0.15) is 16.5 Å². The van der Waals surface area contributed by atoms with Gasteiger partial charge in [-0.05, 0) is 20.8 Å². The molecule has 0 bridgehead atoms. The Morgan fingerprint density at radius 1 is 1.47 bits per heavy atom. The molecule has 0 aliphatic heterocycles. The van der Waals surface area contributed by atoms with Crippen LogP contribution in [0.3, 0.4) is 0 Å². The van der Waals surface area contributed by atoms with Crippen molar-refractivity contribution in [2.45, 2.75) is 26.8 Å². The molecule has 3 N–H and O–H groups in total. The van der Waals surface area contributed by atoms with Crippen LogP contribution in [0.4, 0.5) is 5.82 Å². The van der Waals surface area contributed by atoms with Crippen LogP contribution in [0.5, 0.6) is 0 Å². The largest absolute Gasteiger partial charge is 0.388 e. The van der Waals surface area contributed by atoms with Crippen molar-refractivity contribution in [3.05, 3.63) is 18.1 Å². The normalized spacial score (nSPS) is 10.3. The Kier molecular flexibility index (Phi) is 5.62. The van der Waals surface area contributed by atoms with Gasteiger partial charge >= 0.3 is 0 Å². The first kappa shape index (κ1) is 15.3. The molecule has 19 heavy (non-hydrogen) atoms. The lowest BCUT2D eigenvalue weighted by Gasteiger charge is -2.21. The molecule has 1 heterocycles. The Morgan fingerprint density at radius 2 is 2.16 bits per heavy atom. The SMILES string of the molecule is CCN(CC(=O)NC(C)C)c1cnc(C(N)=S)cn1. The fourth-order valence-electron chi connectivity index (χ4n) is 1.51. The molecule has 0 unspecified atom stereocenters. The van der Waals surface area contributed by atoms with E-state index in [-0.39, 0.29) is 23.5 Å². The van der Waals surface area contributed by atoms with Crippen molar-refractivity contribution < 1.29 is 4.79 Å². The topological polar surface area (TPSA) is 84.1 Å². The van der Waals surface area contributed by atoms with Crippen molar-refractivity contribution in [3.8, 4) is 0 Å². The summed E-state index contributed by atoms with van der Waals surface area (Å²) in [6.07, 6.45) is 3.08. The van der Waals surface area contributed by atoms with E-state index in [4.69, 9.17) is 18.0 Å². The van der Waals surface area contributed by atoms with Crippen LogP contribution in [-0.2, 0) is 4.79 Å². The second kappa shape index (κ2) is 6.98. The molecule has 6 nitrogen and oxygen atoms in total. The summed E-state index contributed by atoms with van der Waals surface area (Å²) < 4.78 is 0. The predicted octanol–water partition coefficient (Wildman–Crippen LogP) is 0.462. The molecule has 0 fully saturated rings. The van der Waals surface area contributed by atoms with Gasteiger partial charge in [0.25, 0.3) is 0 Å². The number of nitrogens with one attached hydrogen (secondary N) is 1. The van der Waals surface area contributed by atoms with E-state index in [1.807, 2.05) is 25.7 Å². The monoisotopic (exact) mass is 281 g/mol. The minimum atomic E-state index is -0.0444. The molecule has 0 aromatic carbocycles. The summed E-state index contributed by atoms with van der Waals surface area (Å²) in [6, 6.07) is 0.120. The summed E-state index contributed by atoms with van der Waals surface area (Å²) in [7, 11) is 0. The maximum absolute atomic E-state index is 11.7. The third-order valence-corrected chi connectivity index (χ3v) is 2.59. The van der Waals surface area contributed by atoms with Gasteiger partial charge in [0.2, 0.25) is 5.91 Å². The molecule has 0 aliphatic carbocycles. The zero-order valence-electron chi connectivity index (χ0n) is 11.4. The van der Waals surface area contributed by atoms with Crippen LogP contribution in [0.2, 0.25) is 0 Å². The molecule has 1 aromatic rings. The minimum absolute atomic E-state index is 0.0444. The summed E-state index contributed by atoms with van der Waals surface area (Å²) in [5.41, 5.74) is 5.93. The summed E-state index contributed by atoms with van der Waals surface area (Å²) in [4.78, 5) is 22.1. The highest BCUT2D eigenvalue weighted by molar-refractivity contribution is 7.80. The van der Waals surface area contributed by atoms with Crippen molar-refractivity contribution >= 4 is 28.9 Å². The van der Waals surface area contributed by atoms with E-state index in [1.165, 1.54) is 6.20 Å². The van der Waals surface area contributed by atoms with E-state index in [1.54, 1.807) is 6.20 Å². The van der Waals surface area contributed by atoms with Crippen LogP contribution in [0.1, 0.15) is 26.5 Å². The van der Waals surface area contributed by atoms with Crippen LogP contribution >= 0.6 is 12.2 Å². The summed E-state index contributed by atoms with van der Waals surface area (Å²) in [5, 5.41) is 2.84. The van der Waals surface area contributed by atoms with Gasteiger partial charge in [0.05, 0.1) is 18.9 Å². The lowest BCUT2D eigenvalue weighted by atomic mass is 10.3. The van der Waals surface area contributed by atoms with Crippen molar-refractivity contribution in [1.29, 1.82) is 0 Å². The number of nitrogens with zero attached hydrogens (tertiary/aromatic N) is 3. The number of thiocarbonyl (C=S) groups is 1. The number of carbonyl (C=O) groups is 1. The fourth-order valence-corrected chi connectivity index (χ4v) is 1.61. The number of hydrogen-bond acceptors (Lipinski definition) is 5. The van der Waals surface area contributed by atoms with E-state index in [9.17, 15) is 4.79 Å². The number of carbonyl (C=O) groups excluding carboxylic acids is 1. The Morgan fingerprint density at radius 3 is 2.58 bits per heavy atom. The lowest BCUT2D eigenvalue weighted by molar-refractivity contribution is -0.120. The molecule has 0 spiro atoms. The van der Waals surface area contributed by atoms with E-state index in [2.05, 4.69) is 15.3 Å². The highest BCUT2D eigenvalue weighted by Gasteiger charge is 2.12. The van der Waals surface area contributed by atoms with Crippen molar-refractivity contribution in [2.24, 2.45) is 5.73 Å². The summed E-state index contributed by atoms with van der Waals surface area (Å²) in [6.45, 7) is 6.70. The van der Waals surface area contributed by atoms with Crippen molar-refractivity contribution in [2.75, 3.05) is 18.0 Å². The fraction of sp³-hybridized carbons (Fsp3) is 0.500. The minimum Gasteiger partial charge on any atom is -0.388 e. The number of nitrogens with two attached hydrogens (primary N) is 1. The first-order valence-corrected chi connectivity index (χ1v) is 6.51. The van der Waals surface area contributed by atoms with Gasteiger partial charge in [0.15, 0.2) is 0 Å². The third-order valence-electron chi connectivity index (χ3n) is 2.38.